The number of hydrogen-bond donors (Lipinski definition) is 1. The summed E-state index contributed by atoms with van der Waals surface area (Å²) in [5, 5.41) is 8.96. The van der Waals surface area contributed by atoms with Crippen molar-refractivity contribution in [1.82, 2.24) is 14.5 Å². The number of rotatable bonds is 4. The zero-order chi connectivity index (χ0) is 16.6. The first-order valence-corrected chi connectivity index (χ1v) is 8.04. The maximum absolute atomic E-state index is 10.9. The molecular formula is C18H23N3O2. The van der Waals surface area contributed by atoms with E-state index in [1.165, 1.54) is 11.4 Å². The minimum absolute atomic E-state index is 0.334. The van der Waals surface area contributed by atoms with Crippen LogP contribution in [0.15, 0.2) is 24.3 Å². The number of carboxylic acids is 1. The Morgan fingerprint density at radius 3 is 2.61 bits per heavy atom. The first-order chi connectivity index (χ1) is 11.0. The standard InChI is InChI=1S/C18H23N3O2/c1-12(2)17-19-15-11-21(9-8-16(15)20(17)3)10-13-4-6-14(7-5-13)18(22)23/h4-7,12H,8-11H2,1-3H3,(H,22,23). The van der Waals surface area contributed by atoms with E-state index in [4.69, 9.17) is 10.1 Å². The predicted molar refractivity (Wildman–Crippen MR) is 88.5 cm³/mol. The van der Waals surface area contributed by atoms with Crippen LogP contribution in [0.25, 0.3) is 0 Å². The minimum atomic E-state index is -0.881. The number of fused-ring (bicyclic) bond motifs is 1. The molecule has 3 rings (SSSR count). The molecule has 0 bridgehead atoms. The summed E-state index contributed by atoms with van der Waals surface area (Å²) >= 11 is 0. The lowest BCUT2D eigenvalue weighted by atomic mass is 10.1. The fourth-order valence-corrected chi connectivity index (χ4v) is 3.27. The Morgan fingerprint density at radius 2 is 2.00 bits per heavy atom. The van der Waals surface area contributed by atoms with Crippen molar-refractivity contribution >= 4 is 5.97 Å². The molecule has 0 spiro atoms. The van der Waals surface area contributed by atoms with Crippen LogP contribution in [-0.2, 0) is 26.6 Å². The van der Waals surface area contributed by atoms with Crippen LogP contribution in [0.1, 0.15) is 52.9 Å². The third-order valence-electron chi connectivity index (χ3n) is 4.49. The summed E-state index contributed by atoms with van der Waals surface area (Å²) in [6.07, 6.45) is 1.01. The number of aromatic nitrogens is 2. The summed E-state index contributed by atoms with van der Waals surface area (Å²) in [5.74, 6) is 0.708. The Hall–Kier alpha value is -2.14. The molecule has 1 aliphatic rings. The maximum Gasteiger partial charge on any atom is 0.335 e. The Kier molecular flexibility index (Phi) is 4.22. The molecule has 1 aliphatic heterocycles. The minimum Gasteiger partial charge on any atom is -0.478 e. The van der Waals surface area contributed by atoms with Gasteiger partial charge in [0.05, 0.1) is 11.3 Å². The lowest BCUT2D eigenvalue weighted by molar-refractivity contribution is 0.0697. The van der Waals surface area contributed by atoms with E-state index in [2.05, 4.69) is 30.4 Å². The van der Waals surface area contributed by atoms with Crippen LogP contribution >= 0.6 is 0 Å². The van der Waals surface area contributed by atoms with Gasteiger partial charge in [-0.05, 0) is 17.7 Å². The molecule has 0 saturated heterocycles. The normalized spacial score (nSPS) is 15.0. The second-order valence-electron chi connectivity index (χ2n) is 6.54. The van der Waals surface area contributed by atoms with Crippen molar-refractivity contribution in [3.05, 3.63) is 52.6 Å². The highest BCUT2D eigenvalue weighted by Crippen LogP contribution is 2.24. The van der Waals surface area contributed by atoms with Gasteiger partial charge in [-0.1, -0.05) is 26.0 Å². The third kappa shape index (κ3) is 3.15. The molecule has 122 valence electrons. The third-order valence-corrected chi connectivity index (χ3v) is 4.49. The van der Waals surface area contributed by atoms with Crippen molar-refractivity contribution in [2.75, 3.05) is 6.54 Å². The van der Waals surface area contributed by atoms with E-state index in [1.807, 2.05) is 12.1 Å². The van der Waals surface area contributed by atoms with Crippen LogP contribution in [0.3, 0.4) is 0 Å². The lowest BCUT2D eigenvalue weighted by Gasteiger charge is -2.26. The molecule has 1 aromatic heterocycles. The molecule has 2 heterocycles. The van der Waals surface area contributed by atoms with E-state index in [9.17, 15) is 4.79 Å². The van der Waals surface area contributed by atoms with Gasteiger partial charge in [0, 0.05) is 44.7 Å². The first-order valence-electron chi connectivity index (χ1n) is 8.04. The summed E-state index contributed by atoms with van der Waals surface area (Å²) in [7, 11) is 2.11. The highest BCUT2D eigenvalue weighted by Gasteiger charge is 2.23. The second-order valence-corrected chi connectivity index (χ2v) is 6.54. The summed E-state index contributed by atoms with van der Waals surface area (Å²) < 4.78 is 2.25. The average molecular weight is 313 g/mol. The van der Waals surface area contributed by atoms with Crippen LogP contribution in [0, 0.1) is 0 Å². The van der Waals surface area contributed by atoms with Gasteiger partial charge in [-0.3, -0.25) is 4.90 Å². The fourth-order valence-electron chi connectivity index (χ4n) is 3.27. The van der Waals surface area contributed by atoms with Gasteiger partial charge in [0.25, 0.3) is 0 Å². The molecule has 0 unspecified atom stereocenters. The molecule has 0 aliphatic carbocycles. The van der Waals surface area contributed by atoms with Crippen molar-refractivity contribution < 1.29 is 9.90 Å². The Bertz CT molecular complexity index is 717. The molecule has 5 heteroatoms. The molecular weight excluding hydrogens is 290 g/mol. The molecule has 5 nitrogen and oxygen atoms in total. The number of aromatic carboxylic acids is 1. The Balaban J connectivity index is 1.72. The van der Waals surface area contributed by atoms with Crippen LogP contribution < -0.4 is 0 Å². The fraction of sp³-hybridized carbons (Fsp3) is 0.444. The largest absolute Gasteiger partial charge is 0.478 e. The zero-order valence-corrected chi connectivity index (χ0v) is 13.9. The first kappa shape index (κ1) is 15.7. The van der Waals surface area contributed by atoms with Gasteiger partial charge in [0.15, 0.2) is 0 Å². The topological polar surface area (TPSA) is 58.4 Å². The van der Waals surface area contributed by atoms with Gasteiger partial charge in [-0.25, -0.2) is 9.78 Å². The number of carbonyl (C=O) groups is 1. The van der Waals surface area contributed by atoms with E-state index in [1.54, 1.807) is 12.1 Å². The van der Waals surface area contributed by atoms with Gasteiger partial charge in [-0.15, -0.1) is 0 Å². The SMILES string of the molecule is CC(C)c1nc2c(n1C)CCN(Cc1ccc(C(=O)O)cc1)C2. The van der Waals surface area contributed by atoms with Crippen molar-refractivity contribution in [3.63, 3.8) is 0 Å². The maximum atomic E-state index is 10.9. The van der Waals surface area contributed by atoms with Gasteiger partial charge in [-0.2, -0.15) is 0 Å². The van der Waals surface area contributed by atoms with Crippen LogP contribution in [0.4, 0.5) is 0 Å². The van der Waals surface area contributed by atoms with Crippen molar-refractivity contribution in [2.45, 2.75) is 39.3 Å². The summed E-state index contributed by atoms with van der Waals surface area (Å²) in [6, 6.07) is 7.14. The van der Waals surface area contributed by atoms with Crippen LogP contribution in [-0.4, -0.2) is 32.1 Å². The van der Waals surface area contributed by atoms with Gasteiger partial charge >= 0.3 is 5.97 Å². The van der Waals surface area contributed by atoms with Crippen LogP contribution in [0.5, 0.6) is 0 Å². The monoisotopic (exact) mass is 313 g/mol. The van der Waals surface area contributed by atoms with Gasteiger partial charge in [0.1, 0.15) is 5.82 Å². The van der Waals surface area contributed by atoms with Crippen molar-refractivity contribution in [3.8, 4) is 0 Å². The molecule has 0 radical (unpaired) electrons. The molecule has 0 amide bonds. The average Bonchev–Trinajstić information content (AvgIpc) is 2.84. The van der Waals surface area contributed by atoms with Crippen molar-refractivity contribution in [1.29, 1.82) is 0 Å². The molecule has 2 aromatic rings. The van der Waals surface area contributed by atoms with E-state index >= 15 is 0 Å². The number of hydrogen-bond acceptors (Lipinski definition) is 3. The number of imidazole rings is 1. The highest BCUT2D eigenvalue weighted by atomic mass is 16.4. The van der Waals surface area contributed by atoms with E-state index in [-0.39, 0.29) is 0 Å². The number of nitrogens with zero attached hydrogens (tertiary/aromatic N) is 3. The molecule has 0 saturated carbocycles. The molecule has 23 heavy (non-hydrogen) atoms. The Labute approximate surface area is 136 Å². The highest BCUT2D eigenvalue weighted by molar-refractivity contribution is 5.87. The smallest absolute Gasteiger partial charge is 0.335 e. The van der Waals surface area contributed by atoms with Gasteiger partial charge in [0.2, 0.25) is 0 Å². The van der Waals surface area contributed by atoms with Gasteiger partial charge < -0.3 is 9.67 Å². The van der Waals surface area contributed by atoms with E-state index < -0.39 is 5.97 Å². The van der Waals surface area contributed by atoms with Crippen molar-refractivity contribution in [2.24, 2.45) is 7.05 Å². The van der Waals surface area contributed by atoms with Crippen LogP contribution in [0.2, 0.25) is 0 Å². The molecule has 0 atom stereocenters. The number of carboxylic acid groups (broad SMARTS) is 1. The number of benzene rings is 1. The van der Waals surface area contributed by atoms with E-state index in [0.29, 0.717) is 11.5 Å². The van der Waals surface area contributed by atoms with E-state index in [0.717, 1.165) is 37.4 Å². The molecule has 0 fully saturated rings. The quantitative estimate of drug-likeness (QED) is 0.943. The summed E-state index contributed by atoms with van der Waals surface area (Å²) in [6.45, 7) is 7.04. The lowest BCUT2D eigenvalue weighted by Crippen LogP contribution is -2.30. The second kappa shape index (κ2) is 6.16. The molecule has 1 aromatic carbocycles. The summed E-state index contributed by atoms with van der Waals surface area (Å²) in [5.41, 5.74) is 4.01. The Morgan fingerprint density at radius 1 is 1.30 bits per heavy atom. The molecule has 1 N–H and O–H groups in total. The zero-order valence-electron chi connectivity index (χ0n) is 13.9. The predicted octanol–water partition coefficient (Wildman–Crippen LogP) is 2.80. The summed E-state index contributed by atoms with van der Waals surface area (Å²) in [4.78, 5) is 18.1.